The summed E-state index contributed by atoms with van der Waals surface area (Å²) in [5.41, 5.74) is 3.09. The monoisotopic (exact) mass is 452 g/mol. The largest absolute Gasteiger partial charge is 0.484 e. The second-order valence-corrected chi connectivity index (χ2v) is 8.27. The van der Waals surface area contributed by atoms with Crippen LogP contribution >= 0.6 is 23.1 Å². The Morgan fingerprint density at radius 1 is 1.13 bits per heavy atom. The number of benzene rings is 2. The molecule has 0 aliphatic heterocycles. The maximum atomic E-state index is 12.2. The van der Waals surface area contributed by atoms with E-state index in [9.17, 15) is 4.79 Å². The first-order chi connectivity index (χ1) is 15.2. The summed E-state index contributed by atoms with van der Waals surface area (Å²) in [4.78, 5) is 16.7. The van der Waals surface area contributed by atoms with Gasteiger partial charge in [0.05, 0.1) is 11.4 Å². The molecule has 158 valence electrons. The summed E-state index contributed by atoms with van der Waals surface area (Å²) in [5.74, 6) is 1.05. The molecule has 0 saturated heterocycles. The van der Waals surface area contributed by atoms with E-state index in [1.165, 1.54) is 28.7 Å². The highest BCUT2D eigenvalue weighted by molar-refractivity contribution is 7.99. The van der Waals surface area contributed by atoms with E-state index in [2.05, 4.69) is 27.4 Å². The van der Waals surface area contributed by atoms with E-state index in [1.807, 2.05) is 60.0 Å². The van der Waals surface area contributed by atoms with Gasteiger partial charge < -0.3 is 14.5 Å². The standard InChI is InChI=1S/C22H20N4O3S2/c1-2-15-8-10-17(11-9-15)28-12-20-25-26-22(29-20)31-14-19(27)24-21-23-18(13-30-21)16-6-4-3-5-7-16/h3-11,13H,2,12,14H2,1H3,(H,23,24,27). The maximum absolute atomic E-state index is 12.2. The number of ether oxygens (including phenoxy) is 1. The van der Waals surface area contributed by atoms with Crippen molar-refractivity contribution in [2.75, 3.05) is 11.1 Å². The van der Waals surface area contributed by atoms with Crippen LogP contribution in [-0.2, 0) is 17.8 Å². The highest BCUT2D eigenvalue weighted by atomic mass is 32.2. The number of aromatic nitrogens is 3. The van der Waals surface area contributed by atoms with Crippen LogP contribution < -0.4 is 10.1 Å². The van der Waals surface area contributed by atoms with Crippen LogP contribution in [-0.4, -0.2) is 26.8 Å². The van der Waals surface area contributed by atoms with Gasteiger partial charge in [0, 0.05) is 10.9 Å². The summed E-state index contributed by atoms with van der Waals surface area (Å²) < 4.78 is 11.2. The predicted molar refractivity (Wildman–Crippen MR) is 121 cm³/mol. The Morgan fingerprint density at radius 2 is 1.94 bits per heavy atom. The molecule has 0 aliphatic carbocycles. The zero-order valence-electron chi connectivity index (χ0n) is 16.8. The molecule has 0 spiro atoms. The Hall–Kier alpha value is -3.17. The molecule has 0 atom stereocenters. The number of thioether (sulfide) groups is 1. The van der Waals surface area contributed by atoms with Gasteiger partial charge in [-0.05, 0) is 24.1 Å². The number of anilines is 1. The maximum Gasteiger partial charge on any atom is 0.277 e. The van der Waals surface area contributed by atoms with E-state index in [0.717, 1.165) is 23.4 Å². The van der Waals surface area contributed by atoms with Crippen LogP contribution in [0.3, 0.4) is 0 Å². The Bertz CT molecular complexity index is 1130. The fourth-order valence-corrected chi connectivity index (χ4v) is 3.99. The molecule has 4 aromatic rings. The van der Waals surface area contributed by atoms with Gasteiger partial charge >= 0.3 is 0 Å². The van der Waals surface area contributed by atoms with E-state index in [0.29, 0.717) is 16.2 Å². The zero-order valence-corrected chi connectivity index (χ0v) is 18.4. The number of rotatable bonds is 9. The number of nitrogens with one attached hydrogen (secondary N) is 1. The summed E-state index contributed by atoms with van der Waals surface area (Å²) in [6, 6.07) is 17.7. The minimum absolute atomic E-state index is 0.140. The highest BCUT2D eigenvalue weighted by Gasteiger charge is 2.12. The third-order valence-corrected chi connectivity index (χ3v) is 5.87. The van der Waals surface area contributed by atoms with Crippen molar-refractivity contribution in [3.8, 4) is 17.0 Å². The Morgan fingerprint density at radius 3 is 2.71 bits per heavy atom. The van der Waals surface area contributed by atoms with Gasteiger partial charge in [-0.15, -0.1) is 21.5 Å². The topological polar surface area (TPSA) is 90.1 Å². The molecule has 0 fully saturated rings. The number of thiazole rings is 1. The average Bonchev–Trinajstić information content (AvgIpc) is 3.47. The van der Waals surface area contributed by atoms with Gasteiger partial charge in [-0.25, -0.2) is 4.98 Å². The number of hydrogen-bond acceptors (Lipinski definition) is 8. The third kappa shape index (κ3) is 5.93. The van der Waals surface area contributed by atoms with E-state index in [1.54, 1.807) is 0 Å². The number of nitrogens with zero attached hydrogens (tertiary/aromatic N) is 3. The van der Waals surface area contributed by atoms with E-state index < -0.39 is 0 Å². The molecule has 2 heterocycles. The number of hydrogen-bond donors (Lipinski definition) is 1. The average molecular weight is 453 g/mol. The van der Waals surface area contributed by atoms with Crippen molar-refractivity contribution in [3.05, 3.63) is 71.4 Å². The van der Waals surface area contributed by atoms with E-state index in [4.69, 9.17) is 9.15 Å². The molecule has 4 rings (SSSR count). The SMILES string of the molecule is CCc1ccc(OCc2nnc(SCC(=O)Nc3nc(-c4ccccc4)cs3)o2)cc1. The van der Waals surface area contributed by atoms with Crippen molar-refractivity contribution in [3.63, 3.8) is 0 Å². The number of carbonyl (C=O) groups is 1. The molecule has 0 saturated carbocycles. The lowest BCUT2D eigenvalue weighted by atomic mass is 10.2. The molecular weight excluding hydrogens is 432 g/mol. The van der Waals surface area contributed by atoms with Crippen LogP contribution in [0.25, 0.3) is 11.3 Å². The first-order valence-electron chi connectivity index (χ1n) is 9.67. The van der Waals surface area contributed by atoms with Crippen molar-refractivity contribution in [1.82, 2.24) is 15.2 Å². The molecule has 1 amide bonds. The van der Waals surface area contributed by atoms with Gasteiger partial charge in [0.1, 0.15) is 5.75 Å². The number of amides is 1. The predicted octanol–water partition coefficient (Wildman–Crippen LogP) is 5.07. The van der Waals surface area contributed by atoms with Crippen LogP contribution in [0.15, 0.2) is 69.6 Å². The van der Waals surface area contributed by atoms with Gasteiger partial charge in [0.2, 0.25) is 5.91 Å². The lowest BCUT2D eigenvalue weighted by Crippen LogP contribution is -2.13. The first-order valence-corrected chi connectivity index (χ1v) is 11.5. The molecule has 9 heteroatoms. The van der Waals surface area contributed by atoms with Gasteiger partial charge in [-0.2, -0.15) is 0 Å². The van der Waals surface area contributed by atoms with Crippen LogP contribution in [0.5, 0.6) is 5.75 Å². The molecule has 31 heavy (non-hydrogen) atoms. The highest BCUT2D eigenvalue weighted by Crippen LogP contribution is 2.25. The van der Waals surface area contributed by atoms with Gasteiger partial charge in [0.15, 0.2) is 11.7 Å². The molecule has 0 radical (unpaired) electrons. The molecule has 0 bridgehead atoms. The van der Waals surface area contributed by atoms with Gasteiger partial charge in [-0.1, -0.05) is 61.2 Å². The van der Waals surface area contributed by atoms with Crippen LogP contribution in [0.2, 0.25) is 0 Å². The molecule has 0 aliphatic rings. The first kappa shape index (κ1) is 21.1. The van der Waals surface area contributed by atoms with Crippen molar-refractivity contribution < 1.29 is 13.9 Å². The van der Waals surface area contributed by atoms with Crippen molar-refractivity contribution >= 4 is 34.1 Å². The normalized spacial score (nSPS) is 10.7. The number of carbonyl (C=O) groups excluding carboxylic acids is 1. The van der Waals surface area contributed by atoms with E-state index in [-0.39, 0.29) is 18.3 Å². The summed E-state index contributed by atoms with van der Waals surface area (Å²) in [6.45, 7) is 2.28. The minimum atomic E-state index is -0.189. The smallest absolute Gasteiger partial charge is 0.277 e. The molecule has 0 unspecified atom stereocenters. The Labute approximate surface area is 187 Å². The van der Waals surface area contributed by atoms with Crippen LogP contribution in [0.1, 0.15) is 18.4 Å². The lowest BCUT2D eigenvalue weighted by molar-refractivity contribution is -0.113. The van der Waals surface area contributed by atoms with Crippen LogP contribution in [0.4, 0.5) is 5.13 Å². The second-order valence-electron chi connectivity index (χ2n) is 6.49. The summed E-state index contributed by atoms with van der Waals surface area (Å²) in [5, 5.41) is 13.5. The third-order valence-electron chi connectivity index (χ3n) is 4.29. The Kier molecular flexibility index (Phi) is 6.96. The van der Waals surface area contributed by atoms with Gasteiger partial charge in [-0.3, -0.25) is 4.79 Å². The van der Waals surface area contributed by atoms with Crippen molar-refractivity contribution in [1.29, 1.82) is 0 Å². The Balaban J connectivity index is 1.23. The zero-order chi connectivity index (χ0) is 21.5. The van der Waals surface area contributed by atoms with Crippen molar-refractivity contribution in [2.24, 2.45) is 0 Å². The summed E-state index contributed by atoms with van der Waals surface area (Å²) in [6.07, 6.45) is 0.981. The summed E-state index contributed by atoms with van der Waals surface area (Å²) in [7, 11) is 0. The second kappa shape index (κ2) is 10.2. The van der Waals surface area contributed by atoms with E-state index >= 15 is 0 Å². The molecule has 7 nitrogen and oxygen atoms in total. The quantitative estimate of drug-likeness (QED) is 0.355. The summed E-state index contributed by atoms with van der Waals surface area (Å²) >= 11 is 2.55. The molecule has 1 N–H and O–H groups in total. The fourth-order valence-electron chi connectivity index (χ4n) is 2.68. The van der Waals surface area contributed by atoms with Gasteiger partial charge in [0.25, 0.3) is 11.1 Å². The molecule has 2 aromatic carbocycles. The molecular formula is C22H20N4O3S2. The molecule has 2 aromatic heterocycles. The van der Waals surface area contributed by atoms with Crippen molar-refractivity contribution in [2.45, 2.75) is 25.2 Å². The number of aryl methyl sites for hydroxylation is 1. The lowest BCUT2D eigenvalue weighted by Gasteiger charge is -2.03. The fraction of sp³-hybridized carbons (Fsp3) is 0.182. The van der Waals surface area contributed by atoms with Crippen LogP contribution in [0, 0.1) is 0 Å². The minimum Gasteiger partial charge on any atom is -0.484 e.